The highest BCUT2D eigenvalue weighted by Crippen LogP contribution is 2.53. The van der Waals surface area contributed by atoms with Crippen molar-refractivity contribution in [3.05, 3.63) is 0 Å². The van der Waals surface area contributed by atoms with Gasteiger partial charge in [0.15, 0.2) is 0 Å². The van der Waals surface area contributed by atoms with Gasteiger partial charge in [0.05, 0.1) is 5.41 Å². The molecule has 4 nitrogen and oxygen atoms in total. The van der Waals surface area contributed by atoms with Gasteiger partial charge in [0.25, 0.3) is 0 Å². The van der Waals surface area contributed by atoms with Gasteiger partial charge >= 0.3 is 12.3 Å². The van der Waals surface area contributed by atoms with E-state index in [0.717, 1.165) is 0 Å². The van der Waals surface area contributed by atoms with Gasteiger partial charge < -0.3 is 9.64 Å². The van der Waals surface area contributed by atoms with Crippen molar-refractivity contribution in [3.8, 4) is 0 Å². The summed E-state index contributed by atoms with van der Waals surface area (Å²) >= 11 is 0. The molecule has 1 aliphatic carbocycles. The van der Waals surface area contributed by atoms with Crippen molar-refractivity contribution >= 4 is 6.09 Å². The van der Waals surface area contributed by atoms with Crippen molar-refractivity contribution in [1.29, 1.82) is 0 Å². The standard InChI is InChI=1S/C15H25F3N2O2/c1-13(2,3)22-12(21)20-9-7-19(8-10-20)11-14(5-4-6-14)15(16,17)18/h4-11H2,1-3H3. The van der Waals surface area contributed by atoms with E-state index in [1.165, 1.54) is 0 Å². The first-order valence-electron chi connectivity index (χ1n) is 7.79. The highest BCUT2D eigenvalue weighted by molar-refractivity contribution is 5.68. The predicted octanol–water partition coefficient (Wildman–Crippen LogP) is 3.27. The Morgan fingerprint density at radius 2 is 1.64 bits per heavy atom. The molecule has 2 aliphatic rings. The van der Waals surface area contributed by atoms with Crippen LogP contribution in [0.4, 0.5) is 18.0 Å². The molecule has 0 aromatic carbocycles. The lowest BCUT2D eigenvalue weighted by Crippen LogP contribution is -2.56. The highest BCUT2D eigenvalue weighted by atomic mass is 19.4. The molecule has 0 aromatic heterocycles. The van der Waals surface area contributed by atoms with E-state index >= 15 is 0 Å². The zero-order valence-electron chi connectivity index (χ0n) is 13.5. The second-order valence-electron chi connectivity index (χ2n) is 7.38. The molecule has 0 spiro atoms. The number of hydrogen-bond acceptors (Lipinski definition) is 3. The minimum atomic E-state index is -4.13. The molecule has 2 fully saturated rings. The van der Waals surface area contributed by atoms with Crippen LogP contribution in [0.3, 0.4) is 0 Å². The molecule has 0 radical (unpaired) electrons. The first-order valence-corrected chi connectivity index (χ1v) is 7.79. The van der Waals surface area contributed by atoms with Gasteiger partial charge in [0, 0.05) is 32.7 Å². The van der Waals surface area contributed by atoms with E-state index in [4.69, 9.17) is 4.74 Å². The SMILES string of the molecule is CC(C)(C)OC(=O)N1CCN(CC2(C(F)(F)F)CCC2)CC1. The van der Waals surface area contributed by atoms with Gasteiger partial charge in [-0.05, 0) is 33.6 Å². The van der Waals surface area contributed by atoms with Crippen LogP contribution in [0.25, 0.3) is 0 Å². The Labute approximate surface area is 129 Å². The Balaban J connectivity index is 1.84. The van der Waals surface area contributed by atoms with Crippen LogP contribution < -0.4 is 0 Å². The molecule has 0 N–H and O–H groups in total. The normalized spacial score (nSPS) is 23.1. The second-order valence-corrected chi connectivity index (χ2v) is 7.38. The molecule has 0 bridgehead atoms. The van der Waals surface area contributed by atoms with Crippen LogP contribution in [0.15, 0.2) is 0 Å². The van der Waals surface area contributed by atoms with Crippen LogP contribution in [-0.2, 0) is 4.74 Å². The van der Waals surface area contributed by atoms with E-state index in [1.54, 1.807) is 25.7 Å². The minimum Gasteiger partial charge on any atom is -0.444 e. The third-order valence-electron chi connectivity index (χ3n) is 4.46. The molecule has 0 unspecified atom stereocenters. The van der Waals surface area contributed by atoms with E-state index in [9.17, 15) is 18.0 Å². The Morgan fingerprint density at radius 3 is 2.00 bits per heavy atom. The summed E-state index contributed by atoms with van der Waals surface area (Å²) in [6, 6.07) is 0. The molecule has 1 saturated heterocycles. The van der Waals surface area contributed by atoms with Crippen LogP contribution in [0, 0.1) is 5.41 Å². The van der Waals surface area contributed by atoms with E-state index in [2.05, 4.69) is 0 Å². The van der Waals surface area contributed by atoms with Gasteiger partial charge in [-0.25, -0.2) is 4.79 Å². The number of halogens is 3. The van der Waals surface area contributed by atoms with Crippen LogP contribution in [0.5, 0.6) is 0 Å². The summed E-state index contributed by atoms with van der Waals surface area (Å²) in [5.74, 6) is 0. The van der Waals surface area contributed by atoms with Gasteiger partial charge in [-0.2, -0.15) is 13.2 Å². The fraction of sp³-hybridized carbons (Fsp3) is 0.933. The second kappa shape index (κ2) is 5.91. The summed E-state index contributed by atoms with van der Waals surface area (Å²) in [5.41, 5.74) is -2.08. The maximum Gasteiger partial charge on any atom is 0.410 e. The van der Waals surface area contributed by atoms with Crippen molar-refractivity contribution in [1.82, 2.24) is 9.80 Å². The van der Waals surface area contributed by atoms with Crippen LogP contribution in [-0.4, -0.2) is 60.4 Å². The van der Waals surface area contributed by atoms with Crippen LogP contribution in [0.1, 0.15) is 40.0 Å². The Kier molecular flexibility index (Phi) is 4.66. The summed E-state index contributed by atoms with van der Waals surface area (Å²) in [7, 11) is 0. The number of rotatable bonds is 2. The molecule has 22 heavy (non-hydrogen) atoms. The summed E-state index contributed by atoms with van der Waals surface area (Å²) in [6.07, 6.45) is -3.42. The molecule has 1 aliphatic heterocycles. The average Bonchev–Trinajstić information content (AvgIpc) is 2.30. The minimum absolute atomic E-state index is 0.0542. The Bertz CT molecular complexity index is 406. The quantitative estimate of drug-likeness (QED) is 0.782. The zero-order chi connectivity index (χ0) is 16.6. The average molecular weight is 322 g/mol. The number of carbonyl (C=O) groups is 1. The zero-order valence-corrected chi connectivity index (χ0v) is 13.5. The van der Waals surface area contributed by atoms with Crippen molar-refractivity contribution in [2.24, 2.45) is 5.41 Å². The molecule has 0 aromatic rings. The number of ether oxygens (including phenoxy) is 1. The summed E-state index contributed by atoms with van der Waals surface area (Å²) in [4.78, 5) is 15.3. The maximum atomic E-state index is 13.2. The molecular weight excluding hydrogens is 297 g/mol. The van der Waals surface area contributed by atoms with Gasteiger partial charge in [0.1, 0.15) is 5.60 Å². The lowest BCUT2D eigenvalue weighted by molar-refractivity contribution is -0.256. The number of alkyl halides is 3. The molecule has 1 heterocycles. The Hall–Kier alpha value is -0.980. The van der Waals surface area contributed by atoms with Crippen molar-refractivity contribution in [2.45, 2.75) is 51.8 Å². The number of piperazine rings is 1. The van der Waals surface area contributed by atoms with Gasteiger partial charge in [0.2, 0.25) is 0 Å². The number of carbonyl (C=O) groups excluding carboxylic acids is 1. The third-order valence-corrected chi connectivity index (χ3v) is 4.46. The van der Waals surface area contributed by atoms with E-state index in [-0.39, 0.29) is 25.5 Å². The van der Waals surface area contributed by atoms with Crippen LogP contribution in [0.2, 0.25) is 0 Å². The van der Waals surface area contributed by atoms with Gasteiger partial charge in [-0.1, -0.05) is 6.42 Å². The first-order chi connectivity index (χ1) is 10.0. The van der Waals surface area contributed by atoms with E-state index in [1.807, 2.05) is 4.90 Å². The number of hydrogen-bond donors (Lipinski definition) is 0. The van der Waals surface area contributed by atoms with E-state index < -0.39 is 17.2 Å². The first kappa shape index (κ1) is 17.4. The van der Waals surface area contributed by atoms with Gasteiger partial charge in [-0.15, -0.1) is 0 Å². The molecule has 1 amide bonds. The highest BCUT2D eigenvalue weighted by Gasteiger charge is 2.58. The third kappa shape index (κ3) is 3.86. The van der Waals surface area contributed by atoms with E-state index in [0.29, 0.717) is 32.6 Å². The molecule has 0 atom stereocenters. The maximum absolute atomic E-state index is 13.2. The van der Waals surface area contributed by atoms with Gasteiger partial charge in [-0.3, -0.25) is 4.90 Å². The summed E-state index contributed by atoms with van der Waals surface area (Å²) in [6.45, 7) is 7.22. The predicted molar refractivity (Wildman–Crippen MR) is 76.6 cm³/mol. The summed E-state index contributed by atoms with van der Waals surface area (Å²) < 4.78 is 44.9. The van der Waals surface area contributed by atoms with Crippen molar-refractivity contribution < 1.29 is 22.7 Å². The van der Waals surface area contributed by atoms with Crippen LogP contribution >= 0.6 is 0 Å². The molecule has 1 saturated carbocycles. The molecular formula is C15H25F3N2O2. The smallest absolute Gasteiger partial charge is 0.410 e. The molecule has 7 heteroatoms. The number of nitrogens with zero attached hydrogens (tertiary/aromatic N) is 2. The fourth-order valence-electron chi connectivity index (χ4n) is 2.98. The van der Waals surface area contributed by atoms with Crippen molar-refractivity contribution in [3.63, 3.8) is 0 Å². The fourth-order valence-corrected chi connectivity index (χ4v) is 2.98. The molecule has 2 rings (SSSR count). The number of amides is 1. The Morgan fingerprint density at radius 1 is 1.09 bits per heavy atom. The topological polar surface area (TPSA) is 32.8 Å². The largest absolute Gasteiger partial charge is 0.444 e. The lowest BCUT2D eigenvalue weighted by atomic mass is 9.67. The lowest BCUT2D eigenvalue weighted by Gasteiger charge is -2.47. The monoisotopic (exact) mass is 322 g/mol. The molecule has 128 valence electrons. The summed E-state index contributed by atoms with van der Waals surface area (Å²) in [5, 5.41) is 0. The van der Waals surface area contributed by atoms with Crippen molar-refractivity contribution in [2.75, 3.05) is 32.7 Å².